The molecule has 1 saturated heterocycles. The minimum atomic E-state index is -4.72. The molecule has 0 unspecified atom stereocenters. The van der Waals surface area contributed by atoms with Crippen LogP contribution < -0.4 is 4.74 Å². The zero-order chi connectivity index (χ0) is 24.9. The van der Waals surface area contributed by atoms with Gasteiger partial charge in [-0.2, -0.15) is 5.26 Å². The molecule has 0 radical (unpaired) electrons. The van der Waals surface area contributed by atoms with Crippen LogP contribution in [0, 0.1) is 11.3 Å². The molecule has 6 nitrogen and oxygen atoms in total. The molecule has 0 spiro atoms. The summed E-state index contributed by atoms with van der Waals surface area (Å²) in [5, 5.41) is 13.9. The van der Waals surface area contributed by atoms with Gasteiger partial charge < -0.3 is 14.2 Å². The number of likely N-dealkylation sites (tertiary alicyclic amines) is 1. The van der Waals surface area contributed by atoms with E-state index in [-0.39, 0.29) is 5.75 Å². The molecule has 184 valence electrons. The Kier molecular flexibility index (Phi) is 7.43. The zero-order valence-corrected chi connectivity index (χ0v) is 19.5. The van der Waals surface area contributed by atoms with E-state index in [2.05, 4.69) is 25.8 Å². The van der Waals surface area contributed by atoms with Crippen LogP contribution in [-0.2, 0) is 12.0 Å². The van der Waals surface area contributed by atoms with Gasteiger partial charge in [-0.15, -0.1) is 13.2 Å². The zero-order valence-electron chi connectivity index (χ0n) is 19.5. The highest BCUT2D eigenvalue weighted by molar-refractivity contribution is 5.59. The van der Waals surface area contributed by atoms with Gasteiger partial charge in [0.1, 0.15) is 11.4 Å². The molecule has 0 aliphatic carbocycles. The Bertz CT molecular complexity index is 1130. The number of alkyl halides is 3. The first-order valence-electron chi connectivity index (χ1n) is 11.5. The van der Waals surface area contributed by atoms with Crippen molar-refractivity contribution >= 4 is 0 Å². The molecule has 0 N–H and O–H groups in total. The van der Waals surface area contributed by atoms with E-state index < -0.39 is 11.8 Å². The topological polar surface area (TPSA) is 65.5 Å². The van der Waals surface area contributed by atoms with Crippen LogP contribution in [0.2, 0.25) is 0 Å². The predicted octanol–water partition coefficient (Wildman–Crippen LogP) is 5.23. The first-order chi connectivity index (χ1) is 16.8. The number of benzene rings is 2. The number of halogens is 3. The average molecular weight is 485 g/mol. The Morgan fingerprint density at radius 3 is 2.43 bits per heavy atom. The van der Waals surface area contributed by atoms with Crippen LogP contribution in [0.25, 0.3) is 11.3 Å². The predicted molar refractivity (Wildman–Crippen MR) is 124 cm³/mol. The van der Waals surface area contributed by atoms with Gasteiger partial charge >= 0.3 is 6.36 Å². The second-order valence-corrected chi connectivity index (χ2v) is 8.89. The summed E-state index contributed by atoms with van der Waals surface area (Å²) in [7, 11) is 2.00. The monoisotopic (exact) mass is 484 g/mol. The minimum Gasteiger partial charge on any atom is -0.406 e. The van der Waals surface area contributed by atoms with Gasteiger partial charge in [0, 0.05) is 37.8 Å². The Hall–Kier alpha value is -3.35. The maximum Gasteiger partial charge on any atom is 0.573 e. The molecule has 1 aliphatic heterocycles. The third kappa shape index (κ3) is 6.41. The Balaban J connectivity index is 1.25. The largest absolute Gasteiger partial charge is 0.573 e. The second kappa shape index (κ2) is 10.5. The van der Waals surface area contributed by atoms with Gasteiger partial charge in [-0.25, -0.2) is 0 Å². The highest BCUT2D eigenvalue weighted by Crippen LogP contribution is 2.34. The van der Waals surface area contributed by atoms with Gasteiger partial charge in [-0.3, -0.25) is 4.90 Å². The van der Waals surface area contributed by atoms with Crippen LogP contribution in [0.1, 0.15) is 24.2 Å². The first-order valence-corrected chi connectivity index (χ1v) is 11.5. The van der Waals surface area contributed by atoms with Crippen LogP contribution in [-0.4, -0.2) is 54.5 Å². The van der Waals surface area contributed by atoms with Crippen molar-refractivity contribution in [3.8, 4) is 23.1 Å². The van der Waals surface area contributed by atoms with Crippen LogP contribution in [0.15, 0.2) is 65.2 Å². The Morgan fingerprint density at radius 1 is 1.11 bits per heavy atom. The molecule has 0 amide bonds. The number of aromatic nitrogens is 1. The number of piperidine rings is 1. The van der Waals surface area contributed by atoms with Crippen LogP contribution >= 0.6 is 0 Å². The summed E-state index contributed by atoms with van der Waals surface area (Å²) in [6.45, 7) is 4.01. The van der Waals surface area contributed by atoms with Crippen molar-refractivity contribution in [1.29, 1.82) is 5.26 Å². The number of likely N-dealkylation sites (N-methyl/N-ethyl adjacent to an activating group) is 1. The Morgan fingerprint density at radius 2 is 1.80 bits per heavy atom. The van der Waals surface area contributed by atoms with Crippen molar-refractivity contribution in [2.24, 2.45) is 0 Å². The van der Waals surface area contributed by atoms with Gasteiger partial charge in [0.2, 0.25) is 0 Å². The van der Waals surface area contributed by atoms with Crippen molar-refractivity contribution in [1.82, 2.24) is 15.0 Å². The van der Waals surface area contributed by atoms with Gasteiger partial charge in [-0.1, -0.05) is 35.5 Å². The number of hydrogen-bond acceptors (Lipinski definition) is 6. The summed E-state index contributed by atoms with van der Waals surface area (Å²) in [6.07, 6.45) is -3.09. The number of hydrogen-bond donors (Lipinski definition) is 0. The maximum atomic E-state index is 12.3. The molecule has 1 aromatic heterocycles. The Labute approximate surface area is 202 Å². The van der Waals surface area contributed by atoms with E-state index in [9.17, 15) is 18.4 Å². The summed E-state index contributed by atoms with van der Waals surface area (Å²) in [5.74, 6) is 0.391. The lowest BCUT2D eigenvalue weighted by molar-refractivity contribution is -0.274. The normalized spacial score (nSPS) is 16.2. The number of ether oxygens (including phenoxy) is 1. The summed E-state index contributed by atoms with van der Waals surface area (Å²) in [4.78, 5) is 4.51. The SMILES string of the molecule is CN(CCN1CCC(C#N)(c2ccccc2)CC1)Cc1cc(-c2ccc(OC(F)(F)F)cc2)no1. The third-order valence-corrected chi connectivity index (χ3v) is 6.42. The van der Waals surface area contributed by atoms with E-state index >= 15 is 0 Å². The van der Waals surface area contributed by atoms with Crippen LogP contribution in [0.4, 0.5) is 13.2 Å². The highest BCUT2D eigenvalue weighted by Gasteiger charge is 2.36. The first kappa shape index (κ1) is 24.8. The molecule has 2 aromatic carbocycles. The quantitative estimate of drug-likeness (QED) is 0.436. The molecular formula is C26H27F3N4O2. The molecule has 2 heterocycles. The van der Waals surface area contributed by atoms with E-state index in [0.29, 0.717) is 23.6 Å². The molecule has 1 aliphatic rings. The van der Waals surface area contributed by atoms with Gasteiger partial charge in [-0.05, 0) is 49.7 Å². The lowest BCUT2D eigenvalue weighted by Crippen LogP contribution is -2.44. The van der Waals surface area contributed by atoms with Crippen molar-refractivity contribution in [2.75, 3.05) is 33.2 Å². The van der Waals surface area contributed by atoms with E-state index in [1.165, 1.54) is 24.3 Å². The third-order valence-electron chi connectivity index (χ3n) is 6.42. The molecular weight excluding hydrogens is 457 g/mol. The lowest BCUT2D eigenvalue weighted by Gasteiger charge is -2.38. The average Bonchev–Trinajstić information content (AvgIpc) is 3.31. The smallest absolute Gasteiger partial charge is 0.406 e. The van der Waals surface area contributed by atoms with Gasteiger partial charge in [0.15, 0.2) is 5.76 Å². The molecule has 3 aromatic rings. The van der Waals surface area contributed by atoms with E-state index in [4.69, 9.17) is 4.52 Å². The number of nitrogens with zero attached hydrogens (tertiary/aromatic N) is 4. The summed E-state index contributed by atoms with van der Waals surface area (Å²) < 4.78 is 46.3. The van der Waals surface area contributed by atoms with E-state index in [1.54, 1.807) is 6.07 Å². The molecule has 35 heavy (non-hydrogen) atoms. The van der Waals surface area contributed by atoms with E-state index in [1.807, 2.05) is 37.4 Å². The fraction of sp³-hybridized carbons (Fsp3) is 0.385. The molecule has 1 fully saturated rings. The second-order valence-electron chi connectivity index (χ2n) is 8.89. The standard InChI is InChI=1S/C26H27F3N4O2/c1-32(15-16-33-13-11-25(19-30,12-14-33)21-5-3-2-4-6-21)18-23-17-24(31-35-23)20-7-9-22(10-8-20)34-26(27,28)29/h2-10,17H,11-16,18H2,1H3. The molecule has 0 bridgehead atoms. The maximum absolute atomic E-state index is 12.3. The summed E-state index contributed by atoms with van der Waals surface area (Å²) in [5.41, 5.74) is 1.89. The van der Waals surface area contributed by atoms with E-state index in [0.717, 1.165) is 44.6 Å². The molecule has 0 atom stereocenters. The van der Waals surface area contributed by atoms with Crippen molar-refractivity contribution in [3.05, 3.63) is 72.0 Å². The fourth-order valence-corrected chi connectivity index (χ4v) is 4.39. The van der Waals surface area contributed by atoms with Gasteiger partial charge in [0.05, 0.1) is 18.0 Å². The molecule has 0 saturated carbocycles. The molecule has 4 rings (SSSR count). The molecule has 9 heteroatoms. The highest BCUT2D eigenvalue weighted by atomic mass is 19.4. The van der Waals surface area contributed by atoms with Gasteiger partial charge in [0.25, 0.3) is 0 Å². The number of rotatable bonds is 8. The van der Waals surface area contributed by atoms with Crippen molar-refractivity contribution in [2.45, 2.75) is 31.2 Å². The number of nitriles is 1. The van der Waals surface area contributed by atoms with Crippen molar-refractivity contribution in [3.63, 3.8) is 0 Å². The summed E-state index contributed by atoms with van der Waals surface area (Å²) >= 11 is 0. The lowest BCUT2D eigenvalue weighted by atomic mass is 9.74. The fourth-order valence-electron chi connectivity index (χ4n) is 4.39. The van der Waals surface area contributed by atoms with Crippen LogP contribution in [0.5, 0.6) is 5.75 Å². The van der Waals surface area contributed by atoms with Crippen molar-refractivity contribution < 1.29 is 22.4 Å². The summed E-state index contributed by atoms with van der Waals surface area (Å²) in [6, 6.07) is 19.9. The van der Waals surface area contributed by atoms with Crippen LogP contribution in [0.3, 0.4) is 0 Å². The minimum absolute atomic E-state index is 0.279.